The Morgan fingerprint density at radius 3 is 2.24 bits per heavy atom. The van der Waals surface area contributed by atoms with Gasteiger partial charge in [0, 0.05) is 61.9 Å². The molecule has 6 rings (SSSR count). The van der Waals surface area contributed by atoms with Crippen molar-refractivity contribution in [3.63, 3.8) is 0 Å². The van der Waals surface area contributed by atoms with Crippen LogP contribution in [0.2, 0.25) is 15.1 Å². The van der Waals surface area contributed by atoms with Crippen LogP contribution in [-0.2, 0) is 24.4 Å². The molecule has 0 atom stereocenters. The number of halogens is 3. The summed E-state index contributed by atoms with van der Waals surface area (Å²) in [6.45, 7) is 6.62. The first-order chi connectivity index (χ1) is 24.8. The summed E-state index contributed by atoms with van der Waals surface area (Å²) in [5, 5.41) is 1.70. The molecule has 0 bridgehead atoms. The van der Waals surface area contributed by atoms with Gasteiger partial charge in [0.2, 0.25) is 11.8 Å². The molecule has 0 unspecified atom stereocenters. The topological polar surface area (TPSA) is 64.1 Å². The van der Waals surface area contributed by atoms with Crippen LogP contribution in [-0.4, -0.2) is 53.5 Å². The molecule has 1 amide bonds. The molecule has 262 valence electrons. The number of benzene rings is 4. The van der Waals surface area contributed by atoms with Crippen LogP contribution in [0, 0.1) is 6.92 Å². The van der Waals surface area contributed by atoms with E-state index < -0.39 is 0 Å². The summed E-state index contributed by atoms with van der Waals surface area (Å²) < 4.78 is 17.6. The van der Waals surface area contributed by atoms with Crippen LogP contribution in [0.1, 0.15) is 27.8 Å². The fraction of sp³-hybridized carbons (Fsp3) is 0.220. The smallest absolute Gasteiger partial charge is 0.246 e. The predicted octanol–water partition coefficient (Wildman–Crippen LogP) is 9.70. The third-order valence-corrected chi connectivity index (χ3v) is 9.50. The third-order valence-electron chi connectivity index (χ3n) is 8.54. The molecule has 51 heavy (non-hydrogen) atoms. The Kier molecular flexibility index (Phi) is 12.5. The second kappa shape index (κ2) is 17.6. The molecule has 0 N–H and O–H groups in total. The van der Waals surface area contributed by atoms with E-state index in [1.54, 1.807) is 36.5 Å². The van der Waals surface area contributed by atoms with Gasteiger partial charge in [-0.1, -0.05) is 89.4 Å². The molecule has 0 spiro atoms. The summed E-state index contributed by atoms with van der Waals surface area (Å²) in [6, 6.07) is 30.9. The van der Waals surface area contributed by atoms with Gasteiger partial charge in [-0.2, -0.15) is 0 Å². The first-order valence-electron chi connectivity index (χ1n) is 16.8. The number of nitrogens with zero attached hydrogens (tertiary/aromatic N) is 3. The third kappa shape index (κ3) is 10.3. The summed E-state index contributed by atoms with van der Waals surface area (Å²) >= 11 is 19.0. The van der Waals surface area contributed by atoms with E-state index in [0.717, 1.165) is 42.7 Å². The van der Waals surface area contributed by atoms with E-state index in [1.165, 1.54) is 11.1 Å². The molecular formula is C41H38Cl3N3O4. The van der Waals surface area contributed by atoms with E-state index in [0.29, 0.717) is 64.5 Å². The molecule has 1 aliphatic heterocycles. The van der Waals surface area contributed by atoms with Gasteiger partial charge in [0.15, 0.2) is 5.75 Å². The maximum atomic E-state index is 13.0. The molecule has 0 saturated carbocycles. The lowest BCUT2D eigenvalue weighted by Gasteiger charge is -2.34. The van der Waals surface area contributed by atoms with Crippen LogP contribution >= 0.6 is 34.8 Å². The minimum atomic E-state index is -0.0202. The van der Waals surface area contributed by atoms with E-state index in [2.05, 4.69) is 34.1 Å². The van der Waals surface area contributed by atoms with Crippen LogP contribution < -0.4 is 14.2 Å². The van der Waals surface area contributed by atoms with Gasteiger partial charge in [0.1, 0.15) is 18.1 Å². The molecule has 5 aromatic rings. The van der Waals surface area contributed by atoms with Gasteiger partial charge in [-0.05, 0) is 71.7 Å². The highest BCUT2D eigenvalue weighted by molar-refractivity contribution is 6.32. The standard InChI is InChI=1S/C41H38Cl3N3O4/c1-29-24-32(25-37(44)41(29)51-39-16-15-34(26-45-39)50-28-33-6-2-3-7-35(33)42)14-17-40(48)47-21-19-46(20-22-47)27-31-12-10-30(11-13-31)18-23-49-38-9-5-4-8-36(38)43/h2-17,24-26H,18-23,27-28H2,1H3/b17-14+. The van der Waals surface area contributed by atoms with Crippen LogP contribution in [0.5, 0.6) is 23.1 Å². The van der Waals surface area contributed by atoms with E-state index in [4.69, 9.17) is 49.0 Å². The van der Waals surface area contributed by atoms with Crippen LogP contribution in [0.4, 0.5) is 0 Å². The SMILES string of the molecule is Cc1cc(/C=C/C(=O)N2CCN(Cc3ccc(CCOc4ccccc4Cl)cc3)CC2)cc(Cl)c1Oc1ccc(OCc2ccccc2Cl)cn1. The number of hydrogen-bond acceptors (Lipinski definition) is 6. The number of piperazine rings is 1. The summed E-state index contributed by atoms with van der Waals surface area (Å²) in [4.78, 5) is 21.7. The van der Waals surface area contributed by atoms with Crippen molar-refractivity contribution >= 4 is 46.8 Å². The highest BCUT2D eigenvalue weighted by Crippen LogP contribution is 2.34. The Balaban J connectivity index is 0.938. The number of rotatable bonds is 13. The van der Waals surface area contributed by atoms with Crippen molar-refractivity contribution in [2.24, 2.45) is 0 Å². The normalized spacial score (nSPS) is 13.4. The largest absolute Gasteiger partial charge is 0.492 e. The molecule has 1 aromatic heterocycles. The van der Waals surface area contributed by atoms with E-state index in [-0.39, 0.29) is 5.91 Å². The van der Waals surface area contributed by atoms with E-state index >= 15 is 0 Å². The van der Waals surface area contributed by atoms with Gasteiger partial charge in [-0.3, -0.25) is 9.69 Å². The Labute approximate surface area is 313 Å². The van der Waals surface area contributed by atoms with Gasteiger partial charge in [0.25, 0.3) is 0 Å². The Bertz CT molecular complexity index is 1940. The molecule has 7 nitrogen and oxygen atoms in total. The quantitative estimate of drug-likeness (QED) is 0.112. The summed E-state index contributed by atoms with van der Waals surface area (Å²) in [5.41, 5.74) is 4.99. The molecule has 10 heteroatoms. The number of aryl methyl sites for hydroxylation is 1. The minimum Gasteiger partial charge on any atom is -0.492 e. The lowest BCUT2D eigenvalue weighted by atomic mass is 10.1. The van der Waals surface area contributed by atoms with Crippen LogP contribution in [0.25, 0.3) is 6.08 Å². The number of amides is 1. The maximum Gasteiger partial charge on any atom is 0.246 e. The maximum absolute atomic E-state index is 13.0. The number of hydrogen-bond donors (Lipinski definition) is 0. The zero-order chi connectivity index (χ0) is 35.6. The molecule has 1 aliphatic rings. The molecule has 1 saturated heterocycles. The second-order valence-corrected chi connectivity index (χ2v) is 13.5. The Hall–Kier alpha value is -4.53. The first-order valence-corrected chi connectivity index (χ1v) is 17.9. The lowest BCUT2D eigenvalue weighted by molar-refractivity contribution is -0.127. The Morgan fingerprint density at radius 1 is 0.804 bits per heavy atom. The molecule has 4 aromatic carbocycles. The van der Waals surface area contributed by atoms with Crippen molar-refractivity contribution in [2.75, 3.05) is 32.8 Å². The van der Waals surface area contributed by atoms with Gasteiger partial charge < -0.3 is 19.1 Å². The van der Waals surface area contributed by atoms with Crippen molar-refractivity contribution in [1.29, 1.82) is 0 Å². The highest BCUT2D eigenvalue weighted by Gasteiger charge is 2.20. The molecular weight excluding hydrogens is 705 g/mol. The van der Waals surface area contributed by atoms with Crippen LogP contribution in [0.15, 0.2) is 109 Å². The van der Waals surface area contributed by atoms with Crippen LogP contribution in [0.3, 0.4) is 0 Å². The number of ether oxygens (including phenoxy) is 3. The van der Waals surface area contributed by atoms with Gasteiger partial charge in [-0.25, -0.2) is 4.98 Å². The predicted molar refractivity (Wildman–Crippen MR) is 204 cm³/mol. The zero-order valence-electron chi connectivity index (χ0n) is 28.2. The average Bonchev–Trinajstić information content (AvgIpc) is 3.14. The molecule has 2 heterocycles. The highest BCUT2D eigenvalue weighted by atomic mass is 35.5. The number of pyridine rings is 1. The number of aromatic nitrogens is 1. The second-order valence-electron chi connectivity index (χ2n) is 12.2. The number of para-hydroxylation sites is 1. The fourth-order valence-corrected chi connectivity index (χ4v) is 6.38. The van der Waals surface area contributed by atoms with Crippen molar-refractivity contribution in [3.8, 4) is 23.1 Å². The van der Waals surface area contributed by atoms with E-state index in [1.807, 2.05) is 66.4 Å². The van der Waals surface area contributed by atoms with Crippen molar-refractivity contribution < 1.29 is 19.0 Å². The van der Waals surface area contributed by atoms with Gasteiger partial charge >= 0.3 is 0 Å². The molecule has 0 aliphatic carbocycles. The van der Waals surface area contributed by atoms with Gasteiger partial charge in [-0.15, -0.1) is 0 Å². The van der Waals surface area contributed by atoms with Crippen molar-refractivity contribution in [3.05, 3.63) is 152 Å². The Morgan fingerprint density at radius 2 is 1.53 bits per heavy atom. The first kappa shape index (κ1) is 36.3. The monoisotopic (exact) mass is 741 g/mol. The lowest BCUT2D eigenvalue weighted by Crippen LogP contribution is -2.47. The minimum absolute atomic E-state index is 0.0202. The number of carbonyl (C=O) groups excluding carboxylic acids is 1. The summed E-state index contributed by atoms with van der Waals surface area (Å²) in [5.74, 6) is 2.17. The van der Waals surface area contributed by atoms with Crippen molar-refractivity contribution in [2.45, 2.75) is 26.5 Å². The fourth-order valence-electron chi connectivity index (χ4n) is 5.69. The van der Waals surface area contributed by atoms with Crippen molar-refractivity contribution in [1.82, 2.24) is 14.8 Å². The average molecular weight is 743 g/mol. The molecule has 1 fully saturated rings. The summed E-state index contributed by atoms with van der Waals surface area (Å²) in [6.07, 6.45) is 5.80. The van der Waals surface area contributed by atoms with Gasteiger partial charge in [0.05, 0.1) is 22.8 Å². The van der Waals surface area contributed by atoms with E-state index in [9.17, 15) is 4.79 Å². The molecule has 0 radical (unpaired) electrons. The zero-order valence-corrected chi connectivity index (χ0v) is 30.5. The summed E-state index contributed by atoms with van der Waals surface area (Å²) in [7, 11) is 0. The number of carbonyl (C=O) groups is 1.